The molecule has 1 aliphatic heterocycles. The summed E-state index contributed by atoms with van der Waals surface area (Å²) in [6.07, 6.45) is 1.61. The van der Waals surface area contributed by atoms with E-state index >= 15 is 0 Å². The molecular formula is C28H30N2O4. The summed E-state index contributed by atoms with van der Waals surface area (Å²) in [7, 11) is 0. The minimum atomic E-state index is -0.627. The number of carbonyl (C=O) groups is 2. The van der Waals surface area contributed by atoms with E-state index in [-0.39, 0.29) is 19.6 Å². The van der Waals surface area contributed by atoms with Crippen molar-refractivity contribution in [2.24, 2.45) is 0 Å². The second-order valence-corrected chi connectivity index (χ2v) is 8.32. The molecule has 34 heavy (non-hydrogen) atoms. The third kappa shape index (κ3) is 6.14. The molecule has 6 heteroatoms. The van der Waals surface area contributed by atoms with Crippen LogP contribution < -0.4 is 5.32 Å². The lowest BCUT2D eigenvalue weighted by molar-refractivity contribution is -0.140. The van der Waals surface area contributed by atoms with Gasteiger partial charge in [-0.25, -0.2) is 9.59 Å². The first kappa shape index (κ1) is 24.8. The Bertz CT molecular complexity index is 1140. The molecular weight excluding hydrogens is 428 g/mol. The van der Waals surface area contributed by atoms with Crippen LogP contribution in [0.2, 0.25) is 0 Å². The van der Waals surface area contributed by atoms with Crippen molar-refractivity contribution in [3.8, 4) is 6.07 Å². The lowest BCUT2D eigenvalue weighted by Gasteiger charge is -2.30. The first-order chi connectivity index (χ1) is 16.4. The molecule has 0 saturated carbocycles. The molecule has 1 unspecified atom stereocenters. The standard InChI is InChI=1S/C28H30N2O4/c1-19-10-7-14-23(18-19)26-24(27(31)33-16-8-13-22-11-5-4-6-12-22)20(2)30-21(3)25(26)28(32)34-17-9-15-29/h4-7,10-12,14,18,26,30H,8-9,13,16-17H2,1-3H3. The Morgan fingerprint density at radius 2 is 1.56 bits per heavy atom. The Morgan fingerprint density at radius 3 is 2.18 bits per heavy atom. The molecule has 1 heterocycles. The van der Waals surface area contributed by atoms with Crippen molar-refractivity contribution in [1.82, 2.24) is 5.32 Å². The largest absolute Gasteiger partial charge is 0.462 e. The second-order valence-electron chi connectivity index (χ2n) is 8.32. The average Bonchev–Trinajstić information content (AvgIpc) is 2.82. The van der Waals surface area contributed by atoms with Crippen LogP contribution in [-0.2, 0) is 25.5 Å². The Hall–Kier alpha value is -3.85. The van der Waals surface area contributed by atoms with E-state index in [1.807, 2.05) is 74.5 Å². The lowest BCUT2D eigenvalue weighted by Crippen LogP contribution is -2.32. The van der Waals surface area contributed by atoms with Crippen molar-refractivity contribution in [2.75, 3.05) is 13.2 Å². The van der Waals surface area contributed by atoms with Crippen LogP contribution in [0.5, 0.6) is 0 Å². The van der Waals surface area contributed by atoms with Gasteiger partial charge in [-0.1, -0.05) is 60.2 Å². The topological polar surface area (TPSA) is 88.4 Å². The number of dihydropyridines is 1. The molecule has 0 aliphatic carbocycles. The predicted octanol–water partition coefficient (Wildman–Crippen LogP) is 4.86. The van der Waals surface area contributed by atoms with E-state index in [0.29, 0.717) is 29.0 Å². The van der Waals surface area contributed by atoms with Crippen molar-refractivity contribution in [2.45, 2.75) is 46.0 Å². The summed E-state index contributed by atoms with van der Waals surface area (Å²) in [5, 5.41) is 11.9. The fraction of sp³-hybridized carbons (Fsp3) is 0.321. The first-order valence-electron chi connectivity index (χ1n) is 11.4. The number of allylic oxidation sites excluding steroid dienone is 2. The highest BCUT2D eigenvalue weighted by molar-refractivity contribution is 5.99. The SMILES string of the molecule is CC1=C(C(=O)OCCC#N)C(c2cccc(C)c2)C(C(=O)OCCCc2ccccc2)=C(C)N1. The Kier molecular flexibility index (Phi) is 8.64. The number of hydrogen-bond acceptors (Lipinski definition) is 6. The molecule has 1 atom stereocenters. The zero-order chi connectivity index (χ0) is 24.5. The maximum atomic E-state index is 13.3. The molecule has 1 aliphatic rings. The van der Waals surface area contributed by atoms with Crippen molar-refractivity contribution in [3.05, 3.63) is 93.8 Å². The lowest BCUT2D eigenvalue weighted by atomic mass is 9.80. The highest BCUT2D eigenvalue weighted by atomic mass is 16.5. The van der Waals surface area contributed by atoms with Crippen LogP contribution in [0.1, 0.15) is 49.3 Å². The van der Waals surface area contributed by atoms with E-state index in [1.54, 1.807) is 6.92 Å². The van der Waals surface area contributed by atoms with Gasteiger partial charge >= 0.3 is 11.9 Å². The summed E-state index contributed by atoms with van der Waals surface area (Å²) in [4.78, 5) is 26.3. The van der Waals surface area contributed by atoms with Crippen molar-refractivity contribution in [3.63, 3.8) is 0 Å². The van der Waals surface area contributed by atoms with E-state index in [4.69, 9.17) is 14.7 Å². The van der Waals surface area contributed by atoms with Gasteiger partial charge in [-0.2, -0.15) is 5.26 Å². The van der Waals surface area contributed by atoms with Gasteiger partial charge in [0, 0.05) is 11.4 Å². The predicted molar refractivity (Wildman–Crippen MR) is 129 cm³/mol. The van der Waals surface area contributed by atoms with E-state index in [1.165, 1.54) is 5.56 Å². The zero-order valence-electron chi connectivity index (χ0n) is 19.9. The molecule has 0 aromatic heterocycles. The molecule has 2 aromatic carbocycles. The molecule has 6 nitrogen and oxygen atoms in total. The van der Waals surface area contributed by atoms with Crippen LogP contribution in [0.4, 0.5) is 0 Å². The van der Waals surface area contributed by atoms with E-state index in [9.17, 15) is 9.59 Å². The molecule has 0 amide bonds. The third-order valence-electron chi connectivity index (χ3n) is 5.71. The van der Waals surface area contributed by atoms with Gasteiger partial charge in [0.25, 0.3) is 0 Å². The smallest absolute Gasteiger partial charge is 0.336 e. The Balaban J connectivity index is 1.84. The van der Waals surface area contributed by atoms with Crippen molar-refractivity contribution in [1.29, 1.82) is 5.26 Å². The molecule has 176 valence electrons. The number of esters is 2. The molecule has 0 saturated heterocycles. The minimum absolute atomic E-state index is 0.00534. The summed E-state index contributed by atoms with van der Waals surface area (Å²) in [5.41, 5.74) is 5.01. The number of carbonyl (C=O) groups excluding carboxylic acids is 2. The van der Waals surface area contributed by atoms with Crippen LogP contribution in [0.25, 0.3) is 0 Å². The number of ether oxygens (including phenoxy) is 2. The second kappa shape index (κ2) is 11.9. The number of nitrogens with zero attached hydrogens (tertiary/aromatic N) is 1. The highest BCUT2D eigenvalue weighted by Crippen LogP contribution is 2.39. The monoisotopic (exact) mass is 458 g/mol. The maximum absolute atomic E-state index is 13.3. The van der Waals surface area contributed by atoms with E-state index in [0.717, 1.165) is 17.5 Å². The number of benzene rings is 2. The van der Waals surface area contributed by atoms with Gasteiger partial charge in [-0.3, -0.25) is 0 Å². The van der Waals surface area contributed by atoms with Crippen LogP contribution in [0.3, 0.4) is 0 Å². The molecule has 2 aromatic rings. The normalized spacial score (nSPS) is 15.4. The summed E-state index contributed by atoms with van der Waals surface area (Å²) in [6.45, 7) is 5.83. The van der Waals surface area contributed by atoms with E-state index in [2.05, 4.69) is 5.32 Å². The zero-order valence-corrected chi connectivity index (χ0v) is 19.9. The molecule has 0 radical (unpaired) electrons. The van der Waals surface area contributed by atoms with Crippen molar-refractivity contribution < 1.29 is 19.1 Å². The fourth-order valence-electron chi connectivity index (χ4n) is 4.15. The molecule has 1 N–H and O–H groups in total. The Morgan fingerprint density at radius 1 is 0.912 bits per heavy atom. The molecule has 0 fully saturated rings. The van der Waals surface area contributed by atoms with Gasteiger partial charge in [0.1, 0.15) is 6.61 Å². The fourth-order valence-corrected chi connectivity index (χ4v) is 4.15. The Labute approximate surface area is 200 Å². The van der Waals surface area contributed by atoms with Gasteiger partial charge in [-0.15, -0.1) is 0 Å². The number of nitriles is 1. The molecule has 3 rings (SSSR count). The third-order valence-corrected chi connectivity index (χ3v) is 5.71. The summed E-state index contributed by atoms with van der Waals surface area (Å²) >= 11 is 0. The van der Waals surface area contributed by atoms with Gasteiger partial charge in [0.05, 0.1) is 36.2 Å². The number of hydrogen-bond donors (Lipinski definition) is 1. The quantitative estimate of drug-likeness (QED) is 0.426. The van der Waals surface area contributed by atoms with E-state index < -0.39 is 17.9 Å². The number of nitrogens with one attached hydrogen (secondary N) is 1. The molecule has 0 bridgehead atoms. The summed E-state index contributed by atoms with van der Waals surface area (Å²) < 4.78 is 11.0. The van der Waals surface area contributed by atoms with Crippen LogP contribution in [0, 0.1) is 18.3 Å². The van der Waals surface area contributed by atoms with Gasteiger partial charge in [0.15, 0.2) is 0 Å². The average molecular weight is 459 g/mol. The first-order valence-corrected chi connectivity index (χ1v) is 11.4. The number of aryl methyl sites for hydroxylation is 2. The van der Waals surface area contributed by atoms with Gasteiger partial charge in [0.2, 0.25) is 0 Å². The van der Waals surface area contributed by atoms with Crippen LogP contribution >= 0.6 is 0 Å². The summed E-state index contributed by atoms with van der Waals surface area (Å²) in [6, 6.07) is 19.7. The van der Waals surface area contributed by atoms with Gasteiger partial charge < -0.3 is 14.8 Å². The van der Waals surface area contributed by atoms with Crippen molar-refractivity contribution >= 4 is 11.9 Å². The maximum Gasteiger partial charge on any atom is 0.336 e. The summed E-state index contributed by atoms with van der Waals surface area (Å²) in [5.74, 6) is -1.63. The minimum Gasteiger partial charge on any atom is -0.462 e. The van der Waals surface area contributed by atoms with Gasteiger partial charge in [-0.05, 0) is 44.7 Å². The van der Waals surface area contributed by atoms with Crippen LogP contribution in [-0.4, -0.2) is 25.2 Å². The number of rotatable bonds is 9. The highest BCUT2D eigenvalue weighted by Gasteiger charge is 2.38. The van der Waals surface area contributed by atoms with Crippen LogP contribution in [0.15, 0.2) is 77.1 Å². The molecule has 0 spiro atoms.